The minimum absolute atomic E-state index is 0.148. The molecular weight excluding hydrogens is 645 g/mol. The number of nitrogens with one attached hydrogen (secondary N) is 2. The second kappa shape index (κ2) is 19.8. The number of unbranched alkanes of at least 4 members (excludes halogenated alkanes) is 6. The fraction of sp³-hybridized carbons (Fsp3) is 0.409. The molecule has 0 unspecified atom stereocenters. The highest BCUT2D eigenvalue weighted by Crippen LogP contribution is 2.23. The smallest absolute Gasteiger partial charge is 0.255 e. The Labute approximate surface area is 312 Å². The number of anilines is 2. The van der Waals surface area contributed by atoms with Crippen LogP contribution in [0.1, 0.15) is 97.1 Å². The standard InChI is InChI=1S/C44H58N6O2/c1-7-9-11-13-31-49(3,4)33-35-15-19-37(20-16-35)43(51)45-39-23-27-41(28-24-39)47-48-42-29-25-40(26-30-42)46-44(52)38-21-17-36(18-22-38)34-50(5,6)32-14-12-10-8-2/h15-30H,7-14,31-34H2,1-6H3/p+2. The summed E-state index contributed by atoms with van der Waals surface area (Å²) in [5.74, 6) is -0.296. The lowest BCUT2D eigenvalue weighted by atomic mass is 10.1. The Balaban J connectivity index is 1.22. The summed E-state index contributed by atoms with van der Waals surface area (Å²) >= 11 is 0. The first-order valence-electron chi connectivity index (χ1n) is 19.0. The molecular formula is C44H60N6O2+2. The lowest BCUT2D eigenvalue weighted by Crippen LogP contribution is -2.39. The third-order valence-corrected chi connectivity index (χ3v) is 9.42. The van der Waals surface area contributed by atoms with E-state index in [0.717, 1.165) is 35.1 Å². The number of hydrogen-bond acceptors (Lipinski definition) is 4. The molecule has 0 aliphatic rings. The van der Waals surface area contributed by atoms with E-state index in [-0.39, 0.29) is 11.8 Å². The van der Waals surface area contributed by atoms with Crippen LogP contribution in [0, 0.1) is 0 Å². The molecule has 4 rings (SSSR count). The van der Waals surface area contributed by atoms with Crippen molar-refractivity contribution in [2.45, 2.75) is 78.3 Å². The summed E-state index contributed by atoms with van der Waals surface area (Å²) in [5.41, 5.74) is 6.42. The van der Waals surface area contributed by atoms with Gasteiger partial charge in [-0.15, -0.1) is 0 Å². The van der Waals surface area contributed by atoms with E-state index in [1.807, 2.05) is 72.8 Å². The van der Waals surface area contributed by atoms with Crippen molar-refractivity contribution in [3.05, 3.63) is 119 Å². The van der Waals surface area contributed by atoms with Crippen LogP contribution < -0.4 is 10.6 Å². The summed E-state index contributed by atoms with van der Waals surface area (Å²) in [6.45, 7) is 8.66. The van der Waals surface area contributed by atoms with Gasteiger partial charge in [-0.05, 0) is 98.5 Å². The Hall–Kier alpha value is -4.66. The highest BCUT2D eigenvalue weighted by molar-refractivity contribution is 6.05. The summed E-state index contributed by atoms with van der Waals surface area (Å²) < 4.78 is 1.88. The lowest BCUT2D eigenvalue weighted by molar-refractivity contribution is -0.903. The molecule has 0 heterocycles. The third-order valence-electron chi connectivity index (χ3n) is 9.42. The van der Waals surface area contributed by atoms with Crippen LogP contribution in [-0.2, 0) is 13.1 Å². The largest absolute Gasteiger partial charge is 0.325 e. The van der Waals surface area contributed by atoms with Crippen molar-refractivity contribution < 1.29 is 18.6 Å². The normalized spacial score (nSPS) is 11.9. The number of azo groups is 1. The minimum Gasteiger partial charge on any atom is -0.325 e. The SMILES string of the molecule is CCCCCC[N+](C)(C)Cc1ccc(C(=O)Nc2ccc(/N=N/c3ccc(NC(=O)c4ccc(C[N+](C)(C)CCCCCC)cc4)cc3)cc2)cc1. The van der Waals surface area contributed by atoms with Crippen molar-refractivity contribution in [3.63, 3.8) is 0 Å². The number of rotatable bonds is 20. The van der Waals surface area contributed by atoms with Crippen LogP contribution in [0.25, 0.3) is 0 Å². The van der Waals surface area contributed by atoms with Gasteiger partial charge >= 0.3 is 0 Å². The lowest BCUT2D eigenvalue weighted by Gasteiger charge is -2.30. The van der Waals surface area contributed by atoms with Crippen LogP contribution in [0.2, 0.25) is 0 Å². The predicted molar refractivity (Wildman–Crippen MR) is 215 cm³/mol. The van der Waals surface area contributed by atoms with Crippen LogP contribution in [0.3, 0.4) is 0 Å². The predicted octanol–water partition coefficient (Wildman–Crippen LogP) is 10.9. The molecule has 0 fully saturated rings. The van der Waals surface area contributed by atoms with Crippen molar-refractivity contribution in [1.82, 2.24) is 0 Å². The molecule has 8 nitrogen and oxygen atoms in total. The second-order valence-electron chi connectivity index (χ2n) is 15.4. The Morgan fingerprint density at radius 3 is 1.15 bits per heavy atom. The number of amides is 2. The number of nitrogens with zero attached hydrogens (tertiary/aromatic N) is 4. The molecule has 2 amide bonds. The zero-order valence-corrected chi connectivity index (χ0v) is 32.3. The Morgan fingerprint density at radius 1 is 0.481 bits per heavy atom. The molecule has 0 saturated carbocycles. The minimum atomic E-state index is -0.148. The first-order valence-corrected chi connectivity index (χ1v) is 19.0. The van der Waals surface area contributed by atoms with Gasteiger partial charge in [0.25, 0.3) is 11.8 Å². The van der Waals surface area contributed by atoms with Crippen molar-refractivity contribution in [1.29, 1.82) is 0 Å². The second-order valence-corrected chi connectivity index (χ2v) is 15.4. The van der Waals surface area contributed by atoms with Crippen molar-refractivity contribution in [2.75, 3.05) is 51.9 Å². The molecule has 2 N–H and O–H groups in total. The van der Waals surface area contributed by atoms with E-state index in [2.05, 4.69) is 87.2 Å². The number of benzene rings is 4. The van der Waals surface area contributed by atoms with E-state index >= 15 is 0 Å². The van der Waals surface area contributed by atoms with Gasteiger partial charge in [-0.1, -0.05) is 63.8 Å². The van der Waals surface area contributed by atoms with Gasteiger partial charge in [0.05, 0.1) is 52.7 Å². The molecule has 0 aliphatic carbocycles. The molecule has 0 aliphatic heterocycles. The summed E-state index contributed by atoms with van der Waals surface area (Å²) in [5, 5.41) is 14.6. The van der Waals surface area contributed by atoms with Gasteiger partial charge in [-0.3, -0.25) is 9.59 Å². The van der Waals surface area contributed by atoms with E-state index < -0.39 is 0 Å². The number of hydrogen-bond donors (Lipinski definition) is 2. The number of carbonyl (C=O) groups excluding carboxylic acids is 2. The summed E-state index contributed by atoms with van der Waals surface area (Å²) in [6.07, 6.45) is 10.1. The Morgan fingerprint density at radius 2 is 0.827 bits per heavy atom. The first-order chi connectivity index (χ1) is 24.9. The van der Waals surface area contributed by atoms with E-state index in [4.69, 9.17) is 0 Å². The highest BCUT2D eigenvalue weighted by Gasteiger charge is 2.17. The van der Waals surface area contributed by atoms with Gasteiger partial charge in [0.15, 0.2) is 0 Å². The van der Waals surface area contributed by atoms with Gasteiger partial charge in [-0.2, -0.15) is 10.2 Å². The topological polar surface area (TPSA) is 82.9 Å². The summed E-state index contributed by atoms with van der Waals surface area (Å²) in [6, 6.07) is 30.4. The van der Waals surface area contributed by atoms with Crippen molar-refractivity contribution in [2.24, 2.45) is 10.2 Å². The van der Waals surface area contributed by atoms with Crippen molar-refractivity contribution >= 4 is 34.6 Å². The van der Waals surface area contributed by atoms with Crippen LogP contribution in [0.5, 0.6) is 0 Å². The molecule has 0 saturated heterocycles. The van der Waals surface area contributed by atoms with Crippen molar-refractivity contribution in [3.8, 4) is 0 Å². The molecule has 0 radical (unpaired) electrons. The van der Waals surface area contributed by atoms with Crippen LogP contribution in [0.4, 0.5) is 22.7 Å². The third kappa shape index (κ3) is 13.8. The summed E-state index contributed by atoms with van der Waals surface area (Å²) in [4.78, 5) is 25.8. The van der Waals surface area contributed by atoms with E-state index in [1.165, 1.54) is 62.5 Å². The quantitative estimate of drug-likeness (QED) is 0.0545. The van der Waals surface area contributed by atoms with E-state index in [9.17, 15) is 9.59 Å². The maximum atomic E-state index is 12.9. The van der Waals surface area contributed by atoms with Gasteiger partial charge in [0.1, 0.15) is 13.1 Å². The monoisotopic (exact) mass is 704 g/mol. The number of quaternary nitrogens is 2. The van der Waals surface area contributed by atoms with Gasteiger partial charge in [0.2, 0.25) is 0 Å². The average molecular weight is 705 g/mol. The van der Waals surface area contributed by atoms with Gasteiger partial charge < -0.3 is 19.6 Å². The number of carbonyl (C=O) groups is 2. The molecule has 0 aromatic heterocycles. The molecule has 52 heavy (non-hydrogen) atoms. The molecule has 0 spiro atoms. The van der Waals surface area contributed by atoms with Gasteiger partial charge in [0, 0.05) is 33.6 Å². The van der Waals surface area contributed by atoms with Gasteiger partial charge in [-0.25, -0.2) is 0 Å². The molecule has 276 valence electrons. The molecule has 0 atom stereocenters. The Kier molecular flexibility index (Phi) is 15.3. The maximum absolute atomic E-state index is 12.9. The first kappa shape index (κ1) is 40.1. The highest BCUT2D eigenvalue weighted by atomic mass is 16.2. The maximum Gasteiger partial charge on any atom is 0.255 e. The zero-order valence-electron chi connectivity index (χ0n) is 32.3. The molecule has 4 aromatic carbocycles. The average Bonchev–Trinajstić information content (AvgIpc) is 3.12. The van der Waals surface area contributed by atoms with E-state index in [1.54, 1.807) is 0 Å². The van der Waals surface area contributed by atoms with E-state index in [0.29, 0.717) is 33.9 Å². The molecule has 8 heteroatoms. The zero-order chi connectivity index (χ0) is 37.4. The molecule has 4 aromatic rings. The fourth-order valence-corrected chi connectivity index (χ4v) is 6.35. The molecule has 0 bridgehead atoms. The van der Waals surface area contributed by atoms with Crippen LogP contribution in [0.15, 0.2) is 107 Å². The fourth-order valence-electron chi connectivity index (χ4n) is 6.35. The Bertz CT molecular complexity index is 1580. The van der Waals surface area contributed by atoms with Crippen LogP contribution >= 0.6 is 0 Å². The summed E-state index contributed by atoms with van der Waals surface area (Å²) in [7, 11) is 9.08. The van der Waals surface area contributed by atoms with Crippen LogP contribution in [-0.4, -0.2) is 62.1 Å².